The smallest absolute Gasteiger partial charge is 0.271 e. The van der Waals surface area contributed by atoms with E-state index >= 15 is 0 Å². The molecule has 0 rings (SSSR count). The van der Waals surface area contributed by atoms with Crippen LogP contribution in [0.3, 0.4) is 0 Å². The van der Waals surface area contributed by atoms with Crippen molar-refractivity contribution in [2.45, 2.75) is 0 Å². The summed E-state index contributed by atoms with van der Waals surface area (Å²) in [7, 11) is 1.53. The van der Waals surface area contributed by atoms with Gasteiger partial charge in [-0.1, -0.05) is 0 Å². The molecule has 0 radical (unpaired) electrons. The van der Waals surface area contributed by atoms with Crippen LogP contribution in [0.25, 0.3) is 0 Å². The van der Waals surface area contributed by atoms with Crippen LogP contribution in [-0.4, -0.2) is 52.4 Å². The van der Waals surface area contributed by atoms with E-state index in [1.54, 1.807) is 0 Å². The number of nitrogens with zero attached hydrogens (tertiary/aromatic N) is 3. The Labute approximate surface area is 64.1 Å². The van der Waals surface area contributed by atoms with Crippen LogP contribution < -0.4 is 5.32 Å². The van der Waals surface area contributed by atoms with Crippen molar-refractivity contribution in [2.24, 2.45) is 5.28 Å². The SMILES string of the molecule is CN(CCNCO)/[N+](O)=N/O. The third kappa shape index (κ3) is 4.34. The molecule has 4 N–H and O–H groups in total. The third-order valence-electron chi connectivity index (χ3n) is 1.11. The molecular weight excluding hydrogens is 152 g/mol. The van der Waals surface area contributed by atoms with Crippen LogP contribution in [0, 0.1) is 0 Å². The van der Waals surface area contributed by atoms with Gasteiger partial charge in [0.1, 0.15) is 0 Å². The van der Waals surface area contributed by atoms with Gasteiger partial charge in [-0.05, 0) is 0 Å². The monoisotopic (exact) mass is 165 g/mol. The van der Waals surface area contributed by atoms with Crippen molar-refractivity contribution in [3.05, 3.63) is 0 Å². The van der Waals surface area contributed by atoms with Crippen molar-refractivity contribution in [1.82, 2.24) is 10.3 Å². The maximum Gasteiger partial charge on any atom is 0.271 e. The summed E-state index contributed by atoms with van der Waals surface area (Å²) in [6, 6.07) is 0. The lowest BCUT2D eigenvalue weighted by Crippen LogP contribution is -2.34. The lowest BCUT2D eigenvalue weighted by atomic mass is 10.6. The van der Waals surface area contributed by atoms with E-state index in [1.165, 1.54) is 12.1 Å². The minimum absolute atomic E-state index is 0.116. The zero-order valence-corrected chi connectivity index (χ0v) is 6.30. The van der Waals surface area contributed by atoms with Gasteiger partial charge in [0.05, 0.1) is 20.3 Å². The lowest BCUT2D eigenvalue weighted by molar-refractivity contribution is -0.937. The molecular formula is C4H13N4O3+. The van der Waals surface area contributed by atoms with Gasteiger partial charge in [-0.15, -0.1) is 5.01 Å². The molecule has 0 saturated heterocycles. The maximum absolute atomic E-state index is 8.68. The van der Waals surface area contributed by atoms with E-state index in [0.29, 0.717) is 18.1 Å². The minimum Gasteiger partial charge on any atom is -0.381 e. The summed E-state index contributed by atoms with van der Waals surface area (Å²) in [5.41, 5.74) is 0. The number of aliphatic hydroxyl groups is 1. The van der Waals surface area contributed by atoms with Gasteiger partial charge in [-0.25, -0.2) is 5.21 Å². The fourth-order valence-corrected chi connectivity index (χ4v) is 0.478. The lowest BCUT2D eigenvalue weighted by Gasteiger charge is -2.05. The molecule has 0 atom stereocenters. The first-order valence-electron chi connectivity index (χ1n) is 3.09. The Kier molecular flexibility index (Phi) is 5.13. The molecule has 0 unspecified atom stereocenters. The molecule has 0 bridgehead atoms. The highest BCUT2D eigenvalue weighted by Crippen LogP contribution is 1.79. The number of hydrogen-bond acceptors (Lipinski definition) is 3. The van der Waals surface area contributed by atoms with E-state index in [9.17, 15) is 0 Å². The van der Waals surface area contributed by atoms with Crippen molar-refractivity contribution >= 4 is 0 Å². The first-order valence-corrected chi connectivity index (χ1v) is 3.09. The molecule has 0 aliphatic heterocycles. The van der Waals surface area contributed by atoms with E-state index in [1.807, 2.05) is 0 Å². The summed E-state index contributed by atoms with van der Waals surface area (Å²) in [5.74, 6) is 0. The molecule has 0 aromatic rings. The van der Waals surface area contributed by atoms with E-state index < -0.39 is 0 Å². The molecule has 0 aliphatic carbocycles. The summed E-state index contributed by atoms with van der Waals surface area (Å²) >= 11 is 0. The zero-order chi connectivity index (χ0) is 8.69. The third-order valence-corrected chi connectivity index (χ3v) is 1.11. The number of hydrogen-bond donors (Lipinski definition) is 4. The standard InChI is InChI=1S/C4H12N4O3/c1-7(8(11)6-10)3-2-5-4-9/h5,9,11H,2-4H2,1H3/p+1. The van der Waals surface area contributed by atoms with Crippen molar-refractivity contribution in [3.8, 4) is 0 Å². The average molecular weight is 165 g/mol. The van der Waals surface area contributed by atoms with Gasteiger partial charge in [0.25, 0.3) is 10.2 Å². The van der Waals surface area contributed by atoms with Gasteiger partial charge in [0, 0.05) is 6.54 Å². The minimum atomic E-state index is -0.116. The Bertz CT molecular complexity index is 129. The molecule has 0 saturated carbocycles. The number of likely N-dealkylation sites (N-methyl/N-ethyl adjacent to an activating group) is 1. The first kappa shape index (κ1) is 9.92. The quantitative estimate of drug-likeness (QED) is 0.132. The fraction of sp³-hybridized carbons (Fsp3) is 1.00. The summed E-state index contributed by atoms with van der Waals surface area (Å²) < 4.78 is 0. The van der Waals surface area contributed by atoms with E-state index in [0.717, 1.165) is 0 Å². The Morgan fingerprint density at radius 3 is 2.73 bits per heavy atom. The number of aliphatic hydroxyl groups excluding tert-OH is 1. The van der Waals surface area contributed by atoms with Crippen LogP contribution in [0.2, 0.25) is 0 Å². The highest BCUT2D eigenvalue weighted by Gasteiger charge is 2.10. The topological polar surface area (TPSA) is 91.3 Å². The van der Waals surface area contributed by atoms with Crippen LogP contribution in [0.4, 0.5) is 0 Å². The second-order valence-corrected chi connectivity index (χ2v) is 1.90. The molecule has 11 heavy (non-hydrogen) atoms. The highest BCUT2D eigenvalue weighted by molar-refractivity contribution is 4.40. The Hall–Kier alpha value is -1.08. The normalized spacial score (nSPS) is 11.6. The Balaban J connectivity index is 3.44. The molecule has 66 valence electrons. The van der Waals surface area contributed by atoms with Crippen LogP contribution >= 0.6 is 0 Å². The molecule has 7 nitrogen and oxygen atoms in total. The van der Waals surface area contributed by atoms with Crippen LogP contribution in [0.15, 0.2) is 5.28 Å². The zero-order valence-electron chi connectivity index (χ0n) is 6.30. The molecule has 0 heterocycles. The second-order valence-electron chi connectivity index (χ2n) is 1.90. The van der Waals surface area contributed by atoms with Crippen LogP contribution in [0.5, 0.6) is 0 Å². The summed E-state index contributed by atoms with van der Waals surface area (Å²) in [4.78, 5) is 0.305. The van der Waals surface area contributed by atoms with Crippen LogP contribution in [-0.2, 0) is 0 Å². The van der Waals surface area contributed by atoms with E-state index in [4.69, 9.17) is 15.5 Å². The second kappa shape index (κ2) is 5.69. The average Bonchev–Trinajstić information content (AvgIpc) is 2.03. The van der Waals surface area contributed by atoms with Crippen molar-refractivity contribution in [2.75, 3.05) is 26.9 Å². The van der Waals surface area contributed by atoms with Crippen molar-refractivity contribution in [1.29, 1.82) is 0 Å². The number of hydrazine groups is 1. The van der Waals surface area contributed by atoms with Gasteiger partial charge in [-0.2, -0.15) is 0 Å². The summed E-state index contributed by atoms with van der Waals surface area (Å²) in [5, 5.41) is 31.4. The van der Waals surface area contributed by atoms with Gasteiger partial charge < -0.3 is 10.3 Å². The van der Waals surface area contributed by atoms with Gasteiger partial charge in [0.15, 0.2) is 0 Å². The first-order chi connectivity index (χ1) is 5.22. The van der Waals surface area contributed by atoms with Gasteiger partial charge in [0.2, 0.25) is 0 Å². The number of rotatable bonds is 5. The fourth-order valence-electron chi connectivity index (χ4n) is 0.478. The highest BCUT2D eigenvalue weighted by atomic mass is 16.6. The molecule has 0 aromatic carbocycles. The molecule has 0 spiro atoms. The van der Waals surface area contributed by atoms with Gasteiger partial charge >= 0.3 is 0 Å². The summed E-state index contributed by atoms with van der Waals surface area (Å²) in [6.45, 7) is 0.788. The Morgan fingerprint density at radius 1 is 1.64 bits per heavy atom. The molecule has 7 heteroatoms. The largest absolute Gasteiger partial charge is 0.381 e. The van der Waals surface area contributed by atoms with Gasteiger partial charge in [-0.3, -0.25) is 5.32 Å². The van der Waals surface area contributed by atoms with Crippen LogP contribution in [0.1, 0.15) is 0 Å². The molecule has 0 aromatic heterocycles. The summed E-state index contributed by atoms with van der Waals surface area (Å²) in [6.07, 6.45) is 0. The molecule has 0 amide bonds. The molecule has 0 aliphatic rings. The predicted octanol–water partition coefficient (Wildman–Crippen LogP) is -1.38. The predicted molar refractivity (Wildman–Crippen MR) is 34.0 cm³/mol. The van der Waals surface area contributed by atoms with E-state index in [-0.39, 0.29) is 6.73 Å². The maximum atomic E-state index is 8.68. The molecule has 0 fully saturated rings. The van der Waals surface area contributed by atoms with Crippen molar-refractivity contribution in [3.63, 3.8) is 0 Å². The number of nitrogens with one attached hydrogen (secondary N) is 1. The van der Waals surface area contributed by atoms with E-state index in [2.05, 4.69) is 10.6 Å². The Morgan fingerprint density at radius 2 is 2.27 bits per heavy atom. The van der Waals surface area contributed by atoms with Crippen molar-refractivity contribution < 1.29 is 20.5 Å².